The molecular weight excluding hydrogens is 1720 g/mol. The minimum atomic E-state index is -5.51. The SMILES string of the molecule is Cc1cc(C)c(NS(=O)(=O)c2c[c-]c[c-]c2O)c(C)c1Nc1[c-]cc2c(-c3ccccc3S(=O)(=O)[O-])c3cc(S(=O)(=O)[O-])c(=[NH+]c4c(C)cc(C)c(NS(=O)(=O)c5cc(C(=O)[O-])cc(C(=O)[O-])c5O)c4C)cc-3oc2c1.O.O=C=O.O=C=O.O=COc1cc(C(=O)O)cc(S(=O)(=O)Cl)c1O.O=S(=O)=O.[B].[Na+].[Na+].[Na+].[Na+].[Na+].[Na+].[Na+].[OH-]. The largest absolute Gasteiger partial charge is 1.00 e. The van der Waals surface area contributed by atoms with Gasteiger partial charge < -0.3 is 93.0 Å². The van der Waals surface area contributed by atoms with E-state index >= 15 is 0 Å². The van der Waals surface area contributed by atoms with Crippen molar-refractivity contribution < 1.29 is 365 Å². The van der Waals surface area contributed by atoms with Crippen molar-refractivity contribution in [3.8, 4) is 45.4 Å². The van der Waals surface area contributed by atoms with E-state index in [2.05, 4.69) is 42.7 Å². The van der Waals surface area contributed by atoms with E-state index in [4.69, 9.17) is 52.0 Å². The Morgan fingerprint density at radius 3 is 1.58 bits per heavy atom. The van der Waals surface area contributed by atoms with E-state index < -0.39 is 147 Å². The summed E-state index contributed by atoms with van der Waals surface area (Å²) < 4.78 is 196. The van der Waals surface area contributed by atoms with Gasteiger partial charge >= 0.3 is 236 Å². The minimum absolute atomic E-state index is 0. The molecule has 0 bridgehead atoms. The molecule has 0 amide bonds. The molecule has 1 aliphatic carbocycles. The second-order valence-electron chi connectivity index (χ2n) is 20.5. The summed E-state index contributed by atoms with van der Waals surface area (Å²) in [5, 5.41) is 65.3. The van der Waals surface area contributed by atoms with Gasteiger partial charge in [-0.15, -0.1) is 18.7 Å². The smallest absolute Gasteiger partial charge is 0.870 e. The molecule has 0 fully saturated rings. The third-order valence-electron chi connectivity index (χ3n) is 14.0. The van der Waals surface area contributed by atoms with E-state index in [1.807, 2.05) is 0 Å². The van der Waals surface area contributed by atoms with Crippen LogP contribution in [0.2, 0.25) is 0 Å². The maximum atomic E-state index is 13.9. The monoisotopic (exact) mass is 1760 g/mol. The van der Waals surface area contributed by atoms with Crippen molar-refractivity contribution in [2.75, 3.05) is 14.8 Å². The number of rotatable bonds is 18. The number of benzene rings is 8. The summed E-state index contributed by atoms with van der Waals surface area (Å²) in [7, 11) is -22.7. The van der Waals surface area contributed by atoms with Crippen LogP contribution in [0.5, 0.6) is 23.0 Å². The Balaban J connectivity index is -0.000000665. The van der Waals surface area contributed by atoms with Crippen molar-refractivity contribution in [3.63, 3.8) is 0 Å². The van der Waals surface area contributed by atoms with E-state index in [1.54, 1.807) is 26.8 Å². The predicted molar refractivity (Wildman–Crippen MR) is 351 cm³/mol. The summed E-state index contributed by atoms with van der Waals surface area (Å²) in [5.41, 5.74) is -0.503. The minimum Gasteiger partial charge on any atom is -0.870 e. The molecule has 0 spiro atoms. The topological polar surface area (TPSA) is 666 Å². The molecule has 0 saturated heterocycles. The molecule has 11 N–H and O–H groups in total. The Bertz CT molecular complexity index is 5870. The van der Waals surface area contributed by atoms with E-state index in [1.165, 1.54) is 63.2 Å². The summed E-state index contributed by atoms with van der Waals surface area (Å²) in [6, 6.07) is 25.6. The number of phenolic OH excluding ortho intramolecular Hbond substituents is 2. The number of aryl methyl sites for hydroxylation is 4. The molecule has 0 saturated carbocycles. The van der Waals surface area contributed by atoms with E-state index in [-0.39, 0.29) is 312 Å². The van der Waals surface area contributed by atoms with Crippen LogP contribution in [0.25, 0.3) is 33.4 Å². The number of ether oxygens (including phenoxy) is 1. The van der Waals surface area contributed by atoms with Gasteiger partial charge in [-0.2, -0.15) is 31.3 Å². The quantitative estimate of drug-likeness (QED) is 0.00987. The molecule has 2 aliphatic rings. The molecule has 9 rings (SSSR count). The van der Waals surface area contributed by atoms with Crippen LogP contribution in [0.3, 0.4) is 0 Å². The summed E-state index contributed by atoms with van der Waals surface area (Å²) in [6.07, 6.45) is 0.500. The number of sulfonamides is 2. The van der Waals surface area contributed by atoms with Gasteiger partial charge in [-0.3, -0.25) is 20.3 Å². The first kappa shape index (κ1) is 119. The third kappa shape index (κ3) is 30.5. The van der Waals surface area contributed by atoms with Crippen molar-refractivity contribution in [3.05, 3.63) is 171 Å². The van der Waals surface area contributed by atoms with Crippen LogP contribution >= 0.6 is 10.7 Å². The first-order chi connectivity index (χ1) is 47.7. The fourth-order valence-electron chi connectivity index (χ4n) is 9.82. The van der Waals surface area contributed by atoms with Crippen LogP contribution in [0.1, 0.15) is 64.5 Å². The maximum Gasteiger partial charge on any atom is 1.00 e. The second-order valence-corrected chi connectivity index (χ2v) is 29.4. The molecule has 1 heterocycles. The molecule has 37 nitrogen and oxygen atoms in total. The number of carboxylic acid groups (broad SMARTS) is 3. The number of hydrogen-bond acceptors (Lipinski definition) is 32. The summed E-state index contributed by atoms with van der Waals surface area (Å²) >= 11 is 0. The summed E-state index contributed by atoms with van der Waals surface area (Å²) in [4.78, 5) is 75.5. The van der Waals surface area contributed by atoms with Gasteiger partial charge in [0, 0.05) is 52.6 Å². The van der Waals surface area contributed by atoms with Crippen molar-refractivity contribution in [1.82, 2.24) is 0 Å². The molecule has 113 heavy (non-hydrogen) atoms. The van der Waals surface area contributed by atoms with Gasteiger partial charge in [-0.1, -0.05) is 51.5 Å². The first-order valence-corrected chi connectivity index (χ1v) is 36.2. The van der Waals surface area contributed by atoms with Gasteiger partial charge in [0.1, 0.15) is 46.4 Å². The van der Waals surface area contributed by atoms with Crippen molar-refractivity contribution in [2.24, 2.45) is 0 Å². The fourth-order valence-corrected chi connectivity index (χ4v) is 14.7. The van der Waals surface area contributed by atoms with E-state index in [9.17, 15) is 95.9 Å². The third-order valence-corrected chi connectivity index (χ3v) is 19.8. The summed E-state index contributed by atoms with van der Waals surface area (Å²) in [5.74, 6) is -9.29. The number of phenols is 3. The molecule has 0 unspecified atom stereocenters. The standard InChI is InChI=1S/C51H41N4O17S4.C8H5ClO7S.2CO2.B.7Na.O3S.2H2O/c1-24-17-26(3)47(54-73(62,63)41-14-10-8-12-37(41)56)28(5)45(24)52-31-15-16-32-38(21-31)72-39-23-36(42(76(69,70)71)22-34(39)44(32)33-11-7-9-13-40(33)75(66,67)68)53-46-25(2)18-27(4)48(29(46)6)55-74(64,65)43-20-30(50(58)59)19-35(49(43)57)51(60)61;9-17(14,15)6-2-4(8(12)13)1-5(7(6)11)16-3-10;2*2-1-3;;;;;;;;;1-4(2)3;;/h7-9,11,13-14,16-23,52,54-57H,1-6H3,(H,58,59)(H,60,61)(H,66,67,68)(H,69,70,71);1-3,11H,(H,12,13);;;;;;;;;;;;2*1H2/q-3;;;;;7*+1;;;/p-4. The van der Waals surface area contributed by atoms with Gasteiger partial charge in [0.2, 0.25) is 11.0 Å². The number of anilines is 4. The Labute approximate surface area is 805 Å². The van der Waals surface area contributed by atoms with E-state index in [0.29, 0.717) is 46.1 Å². The van der Waals surface area contributed by atoms with Crippen LogP contribution in [0.15, 0.2) is 126 Å². The van der Waals surface area contributed by atoms with Gasteiger partial charge in [0.15, 0.2) is 21.5 Å². The second kappa shape index (κ2) is 50.2. The first-order valence-electron chi connectivity index (χ1n) is 27.2. The van der Waals surface area contributed by atoms with Crippen LogP contribution < -0.4 is 247 Å². The van der Waals surface area contributed by atoms with E-state index in [0.717, 1.165) is 30.3 Å². The van der Waals surface area contributed by atoms with Crippen molar-refractivity contribution in [1.29, 1.82) is 0 Å². The van der Waals surface area contributed by atoms with Gasteiger partial charge in [-0.05, 0) is 117 Å². The number of halogens is 1. The van der Waals surface area contributed by atoms with Crippen molar-refractivity contribution in [2.45, 2.75) is 66.0 Å². The molecule has 7 aromatic rings. The number of hydrogen-bond donors (Lipinski definition) is 8. The number of aromatic hydroxyl groups is 3. The normalized spacial score (nSPS) is 10.4. The zero-order chi connectivity index (χ0) is 77.9. The van der Waals surface area contributed by atoms with Crippen LogP contribution in [0, 0.1) is 59.7 Å². The van der Waals surface area contributed by atoms with Gasteiger partial charge in [0.25, 0.3) is 25.5 Å². The number of nitrogens with one attached hydrogen (secondary N) is 4. The van der Waals surface area contributed by atoms with Crippen LogP contribution in [0.4, 0.5) is 28.4 Å². The number of aromatic carboxylic acids is 3. The van der Waals surface area contributed by atoms with Gasteiger partial charge in [-0.25, -0.2) is 51.9 Å². The predicted octanol–water partition coefficient (Wildman–Crippen LogP) is -20.9. The average molecular weight is 1760 g/mol. The van der Waals surface area contributed by atoms with Crippen LogP contribution in [-0.2, 0) is 83.9 Å². The fraction of sp³-hybridized carbons (Fsp3) is 0.0984. The molecule has 7 aromatic carbocycles. The molecule has 0 atom stereocenters. The van der Waals surface area contributed by atoms with Gasteiger partial charge in [0.05, 0.1) is 39.8 Å². The average Bonchev–Trinajstić information content (AvgIpc) is 0.732. The van der Waals surface area contributed by atoms with Crippen molar-refractivity contribution >= 4 is 155 Å². The summed E-state index contributed by atoms with van der Waals surface area (Å²) in [6.45, 7) is 9.32. The molecule has 0 aromatic heterocycles. The molecule has 1 aliphatic heterocycles. The van der Waals surface area contributed by atoms with Crippen LogP contribution in [-0.4, -0.2) is 140 Å². The Hall–Kier alpha value is -4.77. The number of carbonyl (C=O) groups excluding carboxylic acids is 7. The molecule has 561 valence electrons. The number of fused-ring (bicyclic) bond motifs is 2. The zero-order valence-corrected chi connectivity index (χ0v) is 80.6. The number of carbonyl (C=O) groups is 4. The molecule has 52 heteroatoms. The molecular formula is C61H46BClN4Na7O33S6. The number of carboxylic acids is 3. The zero-order valence-electron chi connectivity index (χ0n) is 61.0. The molecule has 3 radical (unpaired) electrons. The Kier molecular flexibility index (Phi) is 52.9. The Morgan fingerprint density at radius 2 is 1.10 bits per heavy atom. The maximum absolute atomic E-state index is 13.9. The Morgan fingerprint density at radius 1 is 0.611 bits per heavy atom.